The Kier molecular flexibility index (Phi) is 4.95. The quantitative estimate of drug-likeness (QED) is 0.742. The standard InChI is InChI=1S/C18H15FN2O3S/c1-23-11-7-8-13(16(9-11)24-2)15-10-25-18(20-15)21-17(22)12-5-3-4-6-14(12)19/h3-10H,1-2H3,(H,20,21,22). The molecule has 0 unspecified atom stereocenters. The third-order valence-corrected chi connectivity index (χ3v) is 4.29. The zero-order valence-corrected chi connectivity index (χ0v) is 14.4. The molecule has 0 saturated heterocycles. The summed E-state index contributed by atoms with van der Waals surface area (Å²) in [4.78, 5) is 16.5. The van der Waals surface area contributed by atoms with Gasteiger partial charge >= 0.3 is 0 Å². The first-order chi connectivity index (χ1) is 12.1. The summed E-state index contributed by atoms with van der Waals surface area (Å²) in [5.74, 6) is 0.162. The molecule has 0 aliphatic heterocycles. The van der Waals surface area contributed by atoms with Crippen molar-refractivity contribution in [3.05, 3.63) is 59.2 Å². The van der Waals surface area contributed by atoms with Gasteiger partial charge in [0.15, 0.2) is 5.13 Å². The van der Waals surface area contributed by atoms with Gasteiger partial charge in [-0.05, 0) is 24.3 Å². The van der Waals surface area contributed by atoms with Crippen LogP contribution < -0.4 is 14.8 Å². The summed E-state index contributed by atoms with van der Waals surface area (Å²) in [6.07, 6.45) is 0. The fourth-order valence-corrected chi connectivity index (χ4v) is 2.98. The molecule has 0 bridgehead atoms. The van der Waals surface area contributed by atoms with Gasteiger partial charge in [0, 0.05) is 17.0 Å². The van der Waals surface area contributed by atoms with E-state index in [0.717, 1.165) is 5.56 Å². The van der Waals surface area contributed by atoms with Crippen molar-refractivity contribution in [2.75, 3.05) is 19.5 Å². The Morgan fingerprint density at radius 3 is 2.68 bits per heavy atom. The number of anilines is 1. The summed E-state index contributed by atoms with van der Waals surface area (Å²) in [6.45, 7) is 0. The molecule has 2 aromatic carbocycles. The molecular weight excluding hydrogens is 343 g/mol. The summed E-state index contributed by atoms with van der Waals surface area (Å²) in [7, 11) is 3.14. The Labute approximate surface area is 148 Å². The van der Waals surface area contributed by atoms with Gasteiger partial charge in [0.1, 0.15) is 17.3 Å². The molecule has 128 valence electrons. The van der Waals surface area contributed by atoms with E-state index in [1.165, 1.54) is 29.5 Å². The van der Waals surface area contributed by atoms with E-state index in [1.807, 2.05) is 6.07 Å². The molecule has 0 radical (unpaired) electrons. The van der Waals surface area contributed by atoms with Gasteiger partial charge in [-0.3, -0.25) is 10.1 Å². The number of ether oxygens (including phenoxy) is 2. The number of amides is 1. The fourth-order valence-electron chi connectivity index (χ4n) is 2.27. The summed E-state index contributed by atoms with van der Waals surface area (Å²) in [5, 5.41) is 4.78. The maximum absolute atomic E-state index is 13.7. The van der Waals surface area contributed by atoms with Crippen molar-refractivity contribution in [3.63, 3.8) is 0 Å². The fraction of sp³-hybridized carbons (Fsp3) is 0.111. The lowest BCUT2D eigenvalue weighted by Gasteiger charge is -2.08. The highest BCUT2D eigenvalue weighted by Gasteiger charge is 2.15. The molecule has 5 nitrogen and oxygen atoms in total. The van der Waals surface area contributed by atoms with Crippen molar-refractivity contribution in [1.82, 2.24) is 4.98 Å². The van der Waals surface area contributed by atoms with Gasteiger partial charge < -0.3 is 9.47 Å². The van der Waals surface area contributed by atoms with Gasteiger partial charge in [0.2, 0.25) is 0 Å². The molecule has 1 heterocycles. The number of benzene rings is 2. The number of carbonyl (C=O) groups is 1. The Morgan fingerprint density at radius 1 is 1.16 bits per heavy atom. The first-order valence-electron chi connectivity index (χ1n) is 7.36. The van der Waals surface area contributed by atoms with E-state index in [2.05, 4.69) is 10.3 Å². The molecule has 0 spiro atoms. The number of hydrogen-bond acceptors (Lipinski definition) is 5. The second-order valence-electron chi connectivity index (χ2n) is 5.04. The maximum Gasteiger partial charge on any atom is 0.260 e. The molecule has 0 saturated carbocycles. The van der Waals surface area contributed by atoms with Crippen LogP contribution in [-0.2, 0) is 0 Å². The number of aromatic nitrogens is 1. The predicted octanol–water partition coefficient (Wildman–Crippen LogP) is 4.22. The van der Waals surface area contributed by atoms with Crippen LogP contribution >= 0.6 is 11.3 Å². The highest BCUT2D eigenvalue weighted by molar-refractivity contribution is 7.14. The molecule has 0 aliphatic rings. The summed E-state index contributed by atoms with van der Waals surface area (Å²) in [6, 6.07) is 11.2. The first kappa shape index (κ1) is 16.9. The van der Waals surface area contributed by atoms with Crippen LogP contribution in [0.15, 0.2) is 47.8 Å². The molecule has 0 aliphatic carbocycles. The first-order valence-corrected chi connectivity index (χ1v) is 8.24. The summed E-state index contributed by atoms with van der Waals surface area (Å²) in [5.41, 5.74) is 1.39. The van der Waals surface area contributed by atoms with Crippen LogP contribution in [0.1, 0.15) is 10.4 Å². The van der Waals surface area contributed by atoms with Crippen LogP contribution in [0.4, 0.5) is 9.52 Å². The minimum absolute atomic E-state index is 0.0266. The molecule has 3 rings (SSSR count). The lowest BCUT2D eigenvalue weighted by molar-refractivity contribution is 0.102. The van der Waals surface area contributed by atoms with E-state index in [0.29, 0.717) is 22.3 Å². The molecule has 3 aromatic rings. The summed E-state index contributed by atoms with van der Waals surface area (Å²) >= 11 is 1.25. The monoisotopic (exact) mass is 358 g/mol. The van der Waals surface area contributed by atoms with Gasteiger partial charge in [-0.25, -0.2) is 9.37 Å². The van der Waals surface area contributed by atoms with Gasteiger partial charge in [-0.2, -0.15) is 0 Å². The SMILES string of the molecule is COc1ccc(-c2csc(NC(=O)c3ccccc3F)n2)c(OC)c1. The third-order valence-electron chi connectivity index (χ3n) is 3.53. The highest BCUT2D eigenvalue weighted by atomic mass is 32.1. The minimum atomic E-state index is -0.575. The van der Waals surface area contributed by atoms with E-state index < -0.39 is 11.7 Å². The Morgan fingerprint density at radius 2 is 1.96 bits per heavy atom. The van der Waals surface area contributed by atoms with Crippen molar-refractivity contribution < 1.29 is 18.7 Å². The molecule has 1 amide bonds. The maximum atomic E-state index is 13.7. The average Bonchev–Trinajstić information content (AvgIpc) is 3.09. The van der Waals surface area contributed by atoms with Crippen molar-refractivity contribution in [2.45, 2.75) is 0 Å². The Balaban J connectivity index is 1.84. The smallest absolute Gasteiger partial charge is 0.260 e. The Bertz CT molecular complexity index is 911. The van der Waals surface area contributed by atoms with E-state index >= 15 is 0 Å². The van der Waals surface area contributed by atoms with Crippen molar-refractivity contribution in [3.8, 4) is 22.8 Å². The molecule has 25 heavy (non-hydrogen) atoms. The number of thiazole rings is 1. The lowest BCUT2D eigenvalue weighted by atomic mass is 10.1. The number of rotatable bonds is 5. The zero-order chi connectivity index (χ0) is 17.8. The van der Waals surface area contributed by atoms with E-state index in [1.54, 1.807) is 37.8 Å². The molecule has 0 atom stereocenters. The van der Waals surface area contributed by atoms with Crippen LogP contribution in [0.2, 0.25) is 0 Å². The van der Waals surface area contributed by atoms with E-state index in [-0.39, 0.29) is 5.56 Å². The molecule has 7 heteroatoms. The van der Waals surface area contributed by atoms with Crippen molar-refractivity contribution in [1.29, 1.82) is 0 Å². The van der Waals surface area contributed by atoms with E-state index in [4.69, 9.17) is 9.47 Å². The Hall–Kier alpha value is -2.93. The van der Waals surface area contributed by atoms with Crippen molar-refractivity contribution >= 4 is 22.4 Å². The van der Waals surface area contributed by atoms with Crippen LogP contribution in [0.3, 0.4) is 0 Å². The van der Waals surface area contributed by atoms with Gasteiger partial charge in [0.25, 0.3) is 5.91 Å². The predicted molar refractivity (Wildman–Crippen MR) is 95.0 cm³/mol. The number of methoxy groups -OCH3 is 2. The van der Waals surface area contributed by atoms with E-state index in [9.17, 15) is 9.18 Å². The molecular formula is C18H15FN2O3S. The zero-order valence-electron chi connectivity index (χ0n) is 13.6. The van der Waals surface area contributed by atoms with Gasteiger partial charge in [-0.1, -0.05) is 12.1 Å². The van der Waals surface area contributed by atoms with Crippen LogP contribution in [-0.4, -0.2) is 25.1 Å². The van der Waals surface area contributed by atoms with Gasteiger partial charge in [-0.15, -0.1) is 11.3 Å². The second kappa shape index (κ2) is 7.31. The van der Waals surface area contributed by atoms with Crippen LogP contribution in [0, 0.1) is 5.82 Å². The molecule has 1 N–H and O–H groups in total. The van der Waals surface area contributed by atoms with Crippen LogP contribution in [0.5, 0.6) is 11.5 Å². The lowest BCUT2D eigenvalue weighted by Crippen LogP contribution is -2.13. The highest BCUT2D eigenvalue weighted by Crippen LogP contribution is 2.34. The number of hydrogen-bond donors (Lipinski definition) is 1. The topological polar surface area (TPSA) is 60.5 Å². The number of halogens is 1. The second-order valence-corrected chi connectivity index (χ2v) is 5.90. The third kappa shape index (κ3) is 3.61. The normalized spacial score (nSPS) is 10.4. The average molecular weight is 358 g/mol. The van der Waals surface area contributed by atoms with Crippen molar-refractivity contribution in [2.24, 2.45) is 0 Å². The molecule has 1 aromatic heterocycles. The minimum Gasteiger partial charge on any atom is -0.497 e. The van der Waals surface area contributed by atoms with Gasteiger partial charge in [0.05, 0.1) is 25.5 Å². The molecule has 0 fully saturated rings. The summed E-state index contributed by atoms with van der Waals surface area (Å²) < 4.78 is 24.2. The number of nitrogens with one attached hydrogen (secondary N) is 1. The number of carbonyl (C=O) groups excluding carboxylic acids is 1. The number of nitrogens with zero attached hydrogens (tertiary/aromatic N) is 1. The van der Waals surface area contributed by atoms with Crippen LogP contribution in [0.25, 0.3) is 11.3 Å². The largest absolute Gasteiger partial charge is 0.497 e.